The van der Waals surface area contributed by atoms with Gasteiger partial charge in [-0.05, 0) is 37.8 Å². The van der Waals surface area contributed by atoms with E-state index in [-0.39, 0.29) is 6.10 Å². The fourth-order valence-corrected chi connectivity index (χ4v) is 2.66. The van der Waals surface area contributed by atoms with E-state index < -0.39 is 0 Å². The maximum absolute atomic E-state index is 9.47. The van der Waals surface area contributed by atoms with Gasteiger partial charge in [0.1, 0.15) is 5.75 Å². The topological polar surface area (TPSA) is 41.5 Å². The smallest absolute Gasteiger partial charge is 0.124 e. The van der Waals surface area contributed by atoms with Crippen molar-refractivity contribution in [2.24, 2.45) is 0 Å². The van der Waals surface area contributed by atoms with E-state index >= 15 is 0 Å². The molecule has 100 valence electrons. The number of aliphatic hydroxyl groups excluding tert-OH is 1. The van der Waals surface area contributed by atoms with E-state index in [9.17, 15) is 5.11 Å². The molecule has 1 saturated carbocycles. The average molecular weight is 270 g/mol. The molecular formula is C14H20ClNO2. The molecule has 0 unspecified atom stereocenters. The van der Waals surface area contributed by atoms with Crippen LogP contribution in [0.4, 0.5) is 0 Å². The van der Waals surface area contributed by atoms with Crippen LogP contribution in [0.3, 0.4) is 0 Å². The Morgan fingerprint density at radius 3 is 2.72 bits per heavy atom. The van der Waals surface area contributed by atoms with E-state index in [1.54, 1.807) is 7.11 Å². The molecule has 0 aromatic heterocycles. The van der Waals surface area contributed by atoms with Crippen LogP contribution in [0.15, 0.2) is 18.2 Å². The van der Waals surface area contributed by atoms with Gasteiger partial charge in [-0.1, -0.05) is 17.7 Å². The van der Waals surface area contributed by atoms with Crippen LogP contribution >= 0.6 is 11.6 Å². The number of halogens is 1. The van der Waals surface area contributed by atoms with Crippen LogP contribution < -0.4 is 10.1 Å². The summed E-state index contributed by atoms with van der Waals surface area (Å²) in [4.78, 5) is 0. The number of hydrogen-bond donors (Lipinski definition) is 2. The second-order valence-electron chi connectivity index (χ2n) is 4.81. The predicted molar refractivity (Wildman–Crippen MR) is 73.1 cm³/mol. The Morgan fingerprint density at radius 2 is 2.06 bits per heavy atom. The lowest BCUT2D eigenvalue weighted by Gasteiger charge is -2.26. The molecule has 1 aromatic rings. The third-order valence-corrected chi connectivity index (χ3v) is 3.91. The fraction of sp³-hybridized carbons (Fsp3) is 0.571. The first-order chi connectivity index (χ1) is 8.70. The van der Waals surface area contributed by atoms with E-state index in [0.717, 1.165) is 42.0 Å². The van der Waals surface area contributed by atoms with Crippen LogP contribution in [-0.2, 0) is 6.54 Å². The Morgan fingerprint density at radius 1 is 1.33 bits per heavy atom. The van der Waals surface area contributed by atoms with Crippen LogP contribution in [0.1, 0.15) is 31.2 Å². The molecule has 1 fully saturated rings. The summed E-state index contributed by atoms with van der Waals surface area (Å²) in [6.07, 6.45) is 3.70. The minimum Gasteiger partial charge on any atom is -0.496 e. The summed E-state index contributed by atoms with van der Waals surface area (Å²) in [5.74, 6) is 0.825. The molecular weight excluding hydrogens is 250 g/mol. The lowest BCUT2D eigenvalue weighted by molar-refractivity contribution is 0.116. The summed E-state index contributed by atoms with van der Waals surface area (Å²) < 4.78 is 5.32. The summed E-state index contributed by atoms with van der Waals surface area (Å²) in [6.45, 7) is 0.712. The standard InChI is InChI=1S/C14H20ClNO2/c1-18-14-4-2-3-13(15)12(14)9-16-10-5-7-11(17)8-6-10/h2-4,10-11,16-17H,5-9H2,1H3. The van der Waals surface area contributed by atoms with Crippen molar-refractivity contribution < 1.29 is 9.84 Å². The molecule has 0 atom stereocenters. The van der Waals surface area contributed by atoms with Crippen LogP contribution in [0.5, 0.6) is 5.75 Å². The number of hydrogen-bond acceptors (Lipinski definition) is 3. The van der Waals surface area contributed by atoms with Crippen LogP contribution in [0.25, 0.3) is 0 Å². The first kappa shape index (κ1) is 13.7. The van der Waals surface area contributed by atoms with Crippen molar-refractivity contribution >= 4 is 11.6 Å². The number of aliphatic hydroxyl groups is 1. The van der Waals surface area contributed by atoms with Crippen LogP contribution in [-0.4, -0.2) is 24.4 Å². The zero-order valence-electron chi connectivity index (χ0n) is 10.7. The molecule has 2 N–H and O–H groups in total. The molecule has 3 nitrogen and oxygen atoms in total. The highest BCUT2D eigenvalue weighted by atomic mass is 35.5. The maximum Gasteiger partial charge on any atom is 0.124 e. The number of methoxy groups -OCH3 is 1. The molecule has 2 rings (SSSR count). The van der Waals surface area contributed by atoms with Crippen molar-refractivity contribution in [3.63, 3.8) is 0 Å². The van der Waals surface area contributed by atoms with E-state index in [1.807, 2.05) is 18.2 Å². The number of nitrogens with one attached hydrogen (secondary N) is 1. The second kappa shape index (κ2) is 6.41. The Balaban J connectivity index is 1.93. The van der Waals surface area contributed by atoms with Crippen molar-refractivity contribution in [1.82, 2.24) is 5.32 Å². The third kappa shape index (κ3) is 3.37. The molecule has 1 aromatic carbocycles. The zero-order valence-corrected chi connectivity index (χ0v) is 11.4. The van der Waals surface area contributed by atoms with Crippen molar-refractivity contribution in [3.8, 4) is 5.75 Å². The summed E-state index contributed by atoms with van der Waals surface area (Å²) in [5.41, 5.74) is 1.01. The molecule has 0 spiro atoms. The van der Waals surface area contributed by atoms with Gasteiger partial charge in [-0.2, -0.15) is 0 Å². The van der Waals surface area contributed by atoms with E-state index in [4.69, 9.17) is 16.3 Å². The molecule has 0 aliphatic heterocycles. The first-order valence-electron chi connectivity index (χ1n) is 6.43. The normalized spacial score (nSPS) is 23.9. The number of ether oxygens (including phenoxy) is 1. The maximum atomic E-state index is 9.47. The van der Waals surface area contributed by atoms with E-state index in [0.29, 0.717) is 12.6 Å². The molecule has 0 heterocycles. The summed E-state index contributed by atoms with van der Waals surface area (Å²) >= 11 is 6.19. The van der Waals surface area contributed by atoms with Crippen LogP contribution in [0, 0.1) is 0 Å². The van der Waals surface area contributed by atoms with Gasteiger partial charge in [0.25, 0.3) is 0 Å². The SMILES string of the molecule is COc1cccc(Cl)c1CNC1CCC(O)CC1. The highest BCUT2D eigenvalue weighted by Gasteiger charge is 2.19. The zero-order chi connectivity index (χ0) is 13.0. The van der Waals surface area contributed by atoms with Gasteiger partial charge in [0.2, 0.25) is 0 Å². The minimum absolute atomic E-state index is 0.113. The summed E-state index contributed by atoms with van der Waals surface area (Å²) in [6, 6.07) is 6.16. The lowest BCUT2D eigenvalue weighted by Crippen LogP contribution is -2.34. The van der Waals surface area contributed by atoms with Crippen molar-refractivity contribution in [2.45, 2.75) is 44.4 Å². The van der Waals surface area contributed by atoms with Gasteiger partial charge in [-0.15, -0.1) is 0 Å². The Labute approximate surface area is 113 Å². The molecule has 0 radical (unpaired) electrons. The van der Waals surface area contributed by atoms with Gasteiger partial charge in [-0.3, -0.25) is 0 Å². The van der Waals surface area contributed by atoms with Crippen LogP contribution in [0.2, 0.25) is 5.02 Å². The average Bonchev–Trinajstić information content (AvgIpc) is 2.39. The van der Waals surface area contributed by atoms with E-state index in [1.165, 1.54) is 0 Å². The van der Waals surface area contributed by atoms with Gasteiger partial charge < -0.3 is 15.2 Å². The van der Waals surface area contributed by atoms with Crippen molar-refractivity contribution in [1.29, 1.82) is 0 Å². The summed E-state index contributed by atoms with van der Waals surface area (Å²) in [5, 5.41) is 13.7. The summed E-state index contributed by atoms with van der Waals surface area (Å²) in [7, 11) is 1.66. The molecule has 18 heavy (non-hydrogen) atoms. The molecule has 1 aliphatic carbocycles. The highest BCUT2D eigenvalue weighted by molar-refractivity contribution is 6.31. The van der Waals surface area contributed by atoms with Gasteiger partial charge in [0, 0.05) is 23.2 Å². The monoisotopic (exact) mass is 269 g/mol. The Hall–Kier alpha value is -0.770. The lowest BCUT2D eigenvalue weighted by atomic mass is 9.93. The minimum atomic E-state index is -0.113. The van der Waals surface area contributed by atoms with Crippen molar-refractivity contribution in [3.05, 3.63) is 28.8 Å². The molecule has 4 heteroatoms. The first-order valence-corrected chi connectivity index (χ1v) is 6.81. The van der Waals surface area contributed by atoms with Gasteiger partial charge >= 0.3 is 0 Å². The molecule has 0 amide bonds. The molecule has 0 bridgehead atoms. The number of benzene rings is 1. The van der Waals surface area contributed by atoms with Gasteiger partial charge in [-0.25, -0.2) is 0 Å². The van der Waals surface area contributed by atoms with Gasteiger partial charge in [0.05, 0.1) is 13.2 Å². The second-order valence-corrected chi connectivity index (χ2v) is 5.21. The predicted octanol–water partition coefficient (Wildman–Crippen LogP) is 2.74. The quantitative estimate of drug-likeness (QED) is 0.883. The number of rotatable bonds is 4. The third-order valence-electron chi connectivity index (χ3n) is 3.56. The Kier molecular flexibility index (Phi) is 4.87. The fourth-order valence-electron chi connectivity index (χ4n) is 2.43. The molecule has 1 aliphatic rings. The molecule has 0 saturated heterocycles. The highest BCUT2D eigenvalue weighted by Crippen LogP contribution is 2.27. The van der Waals surface area contributed by atoms with Crippen molar-refractivity contribution in [2.75, 3.05) is 7.11 Å². The Bertz CT molecular complexity index is 389. The largest absolute Gasteiger partial charge is 0.496 e. The van der Waals surface area contributed by atoms with E-state index in [2.05, 4.69) is 5.32 Å². The van der Waals surface area contributed by atoms with Gasteiger partial charge in [0.15, 0.2) is 0 Å².